The molecule has 2 aromatic rings. The molecule has 0 aliphatic heterocycles. The zero-order valence-electron chi connectivity index (χ0n) is 15.0. The van der Waals surface area contributed by atoms with Crippen LogP contribution in [0.1, 0.15) is 45.5 Å². The maximum absolute atomic E-state index is 11.6. The van der Waals surface area contributed by atoms with Crippen molar-refractivity contribution in [1.82, 2.24) is 25.6 Å². The zero-order valence-corrected chi connectivity index (χ0v) is 15.0. The van der Waals surface area contributed by atoms with Crippen LogP contribution in [0.3, 0.4) is 0 Å². The van der Waals surface area contributed by atoms with Crippen molar-refractivity contribution in [3.05, 3.63) is 36.2 Å². The standard InChI is InChI=1S/C18H25N5O2/c1-18(2,3)25-17(24)21-19-12-11-15-20-16(13-7-5-4-6-8-13)22-23(15)14-9-10-14/h4-8,14,19H,9-12H2,1-3H3,(H,21,24). The van der Waals surface area contributed by atoms with Crippen LogP contribution < -0.4 is 10.9 Å². The van der Waals surface area contributed by atoms with E-state index in [0.29, 0.717) is 19.0 Å². The highest BCUT2D eigenvalue weighted by Gasteiger charge is 2.28. The number of hydrogen-bond acceptors (Lipinski definition) is 5. The second-order valence-corrected chi connectivity index (χ2v) is 7.20. The van der Waals surface area contributed by atoms with Gasteiger partial charge in [0, 0.05) is 18.5 Å². The summed E-state index contributed by atoms with van der Waals surface area (Å²) in [6.45, 7) is 6.04. The largest absolute Gasteiger partial charge is 0.443 e. The van der Waals surface area contributed by atoms with E-state index in [9.17, 15) is 4.79 Å². The number of rotatable bonds is 6. The molecule has 0 bridgehead atoms. The predicted octanol–water partition coefficient (Wildman–Crippen LogP) is 2.85. The molecule has 1 heterocycles. The minimum absolute atomic E-state index is 0.457. The Kier molecular flexibility index (Phi) is 5.03. The molecule has 3 rings (SSSR count). The lowest BCUT2D eigenvalue weighted by molar-refractivity contribution is 0.0498. The molecule has 1 aliphatic rings. The summed E-state index contributed by atoms with van der Waals surface area (Å²) >= 11 is 0. The van der Waals surface area contributed by atoms with Crippen LogP contribution in [0.4, 0.5) is 4.79 Å². The first-order valence-corrected chi connectivity index (χ1v) is 8.65. The van der Waals surface area contributed by atoms with Gasteiger partial charge in [0.2, 0.25) is 0 Å². The molecule has 1 amide bonds. The van der Waals surface area contributed by atoms with E-state index in [1.807, 2.05) is 55.8 Å². The van der Waals surface area contributed by atoms with E-state index in [2.05, 4.69) is 20.9 Å². The minimum atomic E-state index is -0.511. The number of carbonyl (C=O) groups is 1. The second-order valence-electron chi connectivity index (χ2n) is 7.20. The summed E-state index contributed by atoms with van der Waals surface area (Å²) in [6, 6.07) is 10.4. The van der Waals surface area contributed by atoms with Gasteiger partial charge in [0.15, 0.2) is 5.82 Å². The van der Waals surface area contributed by atoms with Gasteiger partial charge in [-0.1, -0.05) is 30.3 Å². The Balaban J connectivity index is 1.57. The molecule has 2 N–H and O–H groups in total. The highest BCUT2D eigenvalue weighted by Crippen LogP contribution is 2.35. The number of nitrogens with zero attached hydrogens (tertiary/aromatic N) is 3. The summed E-state index contributed by atoms with van der Waals surface area (Å²) in [4.78, 5) is 16.3. The molecule has 0 atom stereocenters. The van der Waals surface area contributed by atoms with Crippen molar-refractivity contribution in [2.45, 2.75) is 51.7 Å². The fourth-order valence-electron chi connectivity index (χ4n) is 2.46. The lowest BCUT2D eigenvalue weighted by atomic mass is 10.2. The summed E-state index contributed by atoms with van der Waals surface area (Å²) < 4.78 is 7.20. The fourth-order valence-corrected chi connectivity index (χ4v) is 2.46. The Morgan fingerprint density at radius 3 is 2.64 bits per heavy atom. The summed E-state index contributed by atoms with van der Waals surface area (Å²) in [5.41, 5.74) is 5.94. The van der Waals surface area contributed by atoms with Crippen molar-refractivity contribution in [3.63, 3.8) is 0 Å². The molecule has 0 spiro atoms. The van der Waals surface area contributed by atoms with Crippen LogP contribution >= 0.6 is 0 Å². The van der Waals surface area contributed by atoms with Crippen molar-refractivity contribution in [2.24, 2.45) is 0 Å². The van der Waals surface area contributed by atoms with E-state index in [4.69, 9.17) is 4.74 Å². The molecular formula is C18H25N5O2. The molecule has 1 saturated carbocycles. The van der Waals surface area contributed by atoms with E-state index >= 15 is 0 Å². The van der Waals surface area contributed by atoms with Crippen LogP contribution in [0.15, 0.2) is 30.3 Å². The SMILES string of the molecule is CC(C)(C)OC(=O)NNCCc1nc(-c2ccccc2)nn1C1CC1. The first-order valence-electron chi connectivity index (χ1n) is 8.65. The third kappa shape index (κ3) is 5.03. The normalized spacial score (nSPS) is 14.4. The molecule has 7 heteroatoms. The number of hydrazine groups is 1. The quantitative estimate of drug-likeness (QED) is 0.623. The van der Waals surface area contributed by atoms with Gasteiger partial charge in [-0.3, -0.25) is 5.43 Å². The summed E-state index contributed by atoms with van der Waals surface area (Å²) in [6.07, 6.45) is 2.48. The average Bonchev–Trinajstić information content (AvgIpc) is 3.31. The van der Waals surface area contributed by atoms with Crippen LogP contribution in [0.5, 0.6) is 0 Å². The van der Waals surface area contributed by atoms with Gasteiger partial charge in [0.05, 0.1) is 6.04 Å². The highest BCUT2D eigenvalue weighted by molar-refractivity contribution is 5.66. The lowest BCUT2D eigenvalue weighted by Crippen LogP contribution is -2.42. The maximum atomic E-state index is 11.6. The Hall–Kier alpha value is -2.41. The number of amides is 1. The van der Waals surface area contributed by atoms with Crippen LogP contribution in [0, 0.1) is 0 Å². The number of benzene rings is 1. The van der Waals surface area contributed by atoms with Gasteiger partial charge < -0.3 is 4.74 Å². The fraction of sp³-hybridized carbons (Fsp3) is 0.500. The van der Waals surface area contributed by atoms with Crippen molar-refractivity contribution < 1.29 is 9.53 Å². The average molecular weight is 343 g/mol. The molecule has 1 fully saturated rings. The number of carbonyl (C=O) groups excluding carboxylic acids is 1. The van der Waals surface area contributed by atoms with Gasteiger partial charge in [-0.15, -0.1) is 0 Å². The number of ether oxygens (including phenoxy) is 1. The number of aromatic nitrogens is 3. The smallest absolute Gasteiger partial charge is 0.422 e. The van der Waals surface area contributed by atoms with E-state index in [1.165, 1.54) is 0 Å². The molecule has 1 aromatic carbocycles. The van der Waals surface area contributed by atoms with Gasteiger partial charge in [0.25, 0.3) is 0 Å². The van der Waals surface area contributed by atoms with E-state index in [1.54, 1.807) is 0 Å². The molecule has 134 valence electrons. The molecule has 1 aliphatic carbocycles. The Labute approximate surface area is 147 Å². The van der Waals surface area contributed by atoms with Gasteiger partial charge in [0.1, 0.15) is 11.4 Å². The van der Waals surface area contributed by atoms with Crippen LogP contribution in [0.2, 0.25) is 0 Å². The summed E-state index contributed by atoms with van der Waals surface area (Å²) in [5, 5.41) is 4.67. The molecular weight excluding hydrogens is 318 g/mol. The van der Waals surface area contributed by atoms with Crippen molar-refractivity contribution >= 4 is 6.09 Å². The third-order valence-corrected chi connectivity index (χ3v) is 3.69. The van der Waals surface area contributed by atoms with Crippen LogP contribution in [-0.4, -0.2) is 33.0 Å². The first kappa shape index (κ1) is 17.4. The Bertz CT molecular complexity index is 717. The third-order valence-electron chi connectivity index (χ3n) is 3.69. The van der Waals surface area contributed by atoms with Crippen LogP contribution in [-0.2, 0) is 11.2 Å². The van der Waals surface area contributed by atoms with E-state index in [0.717, 1.165) is 30.1 Å². The van der Waals surface area contributed by atoms with Gasteiger partial charge in [-0.25, -0.2) is 19.9 Å². The molecule has 1 aromatic heterocycles. The minimum Gasteiger partial charge on any atom is -0.443 e. The highest BCUT2D eigenvalue weighted by atomic mass is 16.6. The molecule has 0 radical (unpaired) electrons. The zero-order chi connectivity index (χ0) is 17.9. The Morgan fingerprint density at radius 1 is 1.28 bits per heavy atom. The summed E-state index contributed by atoms with van der Waals surface area (Å²) in [5.74, 6) is 1.68. The Morgan fingerprint density at radius 2 is 2.00 bits per heavy atom. The lowest BCUT2D eigenvalue weighted by Gasteiger charge is -2.19. The van der Waals surface area contributed by atoms with E-state index in [-0.39, 0.29) is 0 Å². The number of hydrogen-bond donors (Lipinski definition) is 2. The van der Waals surface area contributed by atoms with E-state index < -0.39 is 11.7 Å². The monoisotopic (exact) mass is 343 g/mol. The van der Waals surface area contributed by atoms with Gasteiger partial charge >= 0.3 is 6.09 Å². The van der Waals surface area contributed by atoms with Crippen molar-refractivity contribution in [1.29, 1.82) is 0 Å². The molecule has 0 saturated heterocycles. The van der Waals surface area contributed by atoms with Crippen molar-refractivity contribution in [3.8, 4) is 11.4 Å². The van der Waals surface area contributed by atoms with Crippen LogP contribution in [0.25, 0.3) is 11.4 Å². The first-order chi connectivity index (χ1) is 11.9. The van der Waals surface area contributed by atoms with Crippen molar-refractivity contribution in [2.75, 3.05) is 6.54 Å². The van der Waals surface area contributed by atoms with Gasteiger partial charge in [-0.05, 0) is 33.6 Å². The number of nitrogens with one attached hydrogen (secondary N) is 2. The molecule has 7 nitrogen and oxygen atoms in total. The maximum Gasteiger partial charge on any atom is 0.422 e. The second kappa shape index (κ2) is 7.23. The molecule has 0 unspecified atom stereocenters. The predicted molar refractivity (Wildman–Crippen MR) is 94.8 cm³/mol. The topological polar surface area (TPSA) is 81.1 Å². The molecule has 25 heavy (non-hydrogen) atoms. The summed E-state index contributed by atoms with van der Waals surface area (Å²) in [7, 11) is 0. The van der Waals surface area contributed by atoms with Gasteiger partial charge in [-0.2, -0.15) is 5.10 Å².